The molecule has 0 atom stereocenters. The van der Waals surface area contributed by atoms with E-state index in [9.17, 15) is 4.79 Å². The van der Waals surface area contributed by atoms with Gasteiger partial charge in [-0.15, -0.1) is 0 Å². The van der Waals surface area contributed by atoms with E-state index < -0.39 is 0 Å². The summed E-state index contributed by atoms with van der Waals surface area (Å²) >= 11 is 0. The number of aromatic nitrogens is 2. The quantitative estimate of drug-likeness (QED) is 0.857. The van der Waals surface area contributed by atoms with Gasteiger partial charge in [0.15, 0.2) is 0 Å². The van der Waals surface area contributed by atoms with Crippen molar-refractivity contribution >= 4 is 11.9 Å². The van der Waals surface area contributed by atoms with Crippen LogP contribution in [0.4, 0.5) is 5.95 Å². The summed E-state index contributed by atoms with van der Waals surface area (Å²) in [4.78, 5) is 16.1. The second kappa shape index (κ2) is 7.06. The zero-order valence-electron chi connectivity index (χ0n) is 12.4. The Morgan fingerprint density at radius 1 is 1.23 bits per heavy atom. The molecule has 6 heteroatoms. The lowest BCUT2D eigenvalue weighted by Gasteiger charge is -2.11. The minimum absolute atomic E-state index is 0.0752. The van der Waals surface area contributed by atoms with E-state index in [0.717, 1.165) is 18.4 Å². The summed E-state index contributed by atoms with van der Waals surface area (Å²) in [7, 11) is 0. The highest BCUT2D eigenvalue weighted by Gasteiger charge is 2.16. The molecule has 1 saturated carbocycles. The fourth-order valence-electron chi connectivity index (χ4n) is 2.65. The van der Waals surface area contributed by atoms with Crippen LogP contribution in [0.1, 0.15) is 32.1 Å². The lowest BCUT2D eigenvalue weighted by molar-refractivity contribution is -0.121. The summed E-state index contributed by atoms with van der Waals surface area (Å²) in [6.45, 7) is 0.492. The molecule has 0 saturated heterocycles. The fraction of sp³-hybridized carbons (Fsp3) is 0.438. The molecular formula is C16H20N4O2. The Balaban J connectivity index is 1.44. The normalized spacial score (nSPS) is 14.9. The van der Waals surface area contributed by atoms with Gasteiger partial charge in [-0.1, -0.05) is 31.0 Å². The highest BCUT2D eigenvalue weighted by Crippen LogP contribution is 2.18. The zero-order chi connectivity index (χ0) is 15.2. The van der Waals surface area contributed by atoms with Gasteiger partial charge in [0.2, 0.25) is 5.91 Å². The third-order valence-electron chi connectivity index (χ3n) is 3.80. The Hall–Kier alpha value is -2.37. The first-order valence-corrected chi connectivity index (χ1v) is 7.73. The molecule has 3 rings (SSSR count). The number of hydrogen-bond acceptors (Lipinski definition) is 5. The van der Waals surface area contributed by atoms with Crippen LogP contribution in [0.25, 0.3) is 11.5 Å². The average molecular weight is 300 g/mol. The van der Waals surface area contributed by atoms with Crippen molar-refractivity contribution in [2.24, 2.45) is 0 Å². The molecule has 2 N–H and O–H groups in total. The molecule has 0 unspecified atom stereocenters. The predicted octanol–water partition coefficient (Wildman–Crippen LogP) is 2.60. The van der Waals surface area contributed by atoms with E-state index in [-0.39, 0.29) is 5.91 Å². The van der Waals surface area contributed by atoms with Crippen LogP contribution < -0.4 is 10.6 Å². The molecule has 0 radical (unpaired) electrons. The van der Waals surface area contributed by atoms with Gasteiger partial charge < -0.3 is 15.2 Å². The molecule has 0 spiro atoms. The SMILES string of the molecule is O=C(CCNc1noc(-c2ccccc2)n1)NC1CCCC1. The van der Waals surface area contributed by atoms with E-state index in [1.54, 1.807) is 0 Å². The van der Waals surface area contributed by atoms with E-state index in [4.69, 9.17) is 4.52 Å². The maximum Gasteiger partial charge on any atom is 0.263 e. The van der Waals surface area contributed by atoms with Gasteiger partial charge >= 0.3 is 0 Å². The highest BCUT2D eigenvalue weighted by molar-refractivity contribution is 5.76. The van der Waals surface area contributed by atoms with Crippen molar-refractivity contribution in [2.45, 2.75) is 38.1 Å². The van der Waals surface area contributed by atoms with Crippen molar-refractivity contribution in [3.8, 4) is 11.5 Å². The number of benzene rings is 1. The number of nitrogens with one attached hydrogen (secondary N) is 2. The van der Waals surface area contributed by atoms with Crippen LogP contribution >= 0.6 is 0 Å². The fourth-order valence-corrected chi connectivity index (χ4v) is 2.65. The van der Waals surface area contributed by atoms with Crippen LogP contribution in [-0.2, 0) is 4.79 Å². The van der Waals surface area contributed by atoms with Crippen molar-refractivity contribution in [3.63, 3.8) is 0 Å². The first-order valence-electron chi connectivity index (χ1n) is 7.73. The Bertz CT molecular complexity index is 606. The van der Waals surface area contributed by atoms with Gasteiger partial charge in [-0.25, -0.2) is 0 Å². The molecule has 1 aliphatic carbocycles. The summed E-state index contributed by atoms with van der Waals surface area (Å²) in [5.74, 6) is 0.956. The molecule has 1 aliphatic rings. The maximum atomic E-state index is 11.8. The number of amides is 1. The van der Waals surface area contributed by atoms with Crippen molar-refractivity contribution in [2.75, 3.05) is 11.9 Å². The second-order valence-electron chi connectivity index (χ2n) is 5.51. The van der Waals surface area contributed by atoms with Crippen LogP contribution in [0, 0.1) is 0 Å². The van der Waals surface area contributed by atoms with Crippen molar-refractivity contribution in [1.82, 2.24) is 15.5 Å². The molecule has 6 nitrogen and oxygen atoms in total. The molecule has 1 aromatic carbocycles. The largest absolute Gasteiger partial charge is 0.353 e. The molecule has 0 aliphatic heterocycles. The van der Waals surface area contributed by atoms with E-state index in [2.05, 4.69) is 20.8 Å². The van der Waals surface area contributed by atoms with Gasteiger partial charge in [-0.05, 0) is 30.1 Å². The number of carbonyl (C=O) groups excluding carboxylic acids is 1. The molecule has 1 heterocycles. The molecule has 116 valence electrons. The number of carbonyl (C=O) groups is 1. The zero-order valence-corrected chi connectivity index (χ0v) is 12.4. The minimum atomic E-state index is 0.0752. The number of rotatable bonds is 6. The van der Waals surface area contributed by atoms with Gasteiger partial charge in [0.25, 0.3) is 11.8 Å². The predicted molar refractivity (Wildman–Crippen MR) is 83.2 cm³/mol. The monoisotopic (exact) mass is 300 g/mol. The summed E-state index contributed by atoms with van der Waals surface area (Å²) in [6, 6.07) is 9.95. The molecule has 1 amide bonds. The maximum absolute atomic E-state index is 11.8. The van der Waals surface area contributed by atoms with Crippen LogP contribution in [0.2, 0.25) is 0 Å². The van der Waals surface area contributed by atoms with Gasteiger partial charge in [-0.3, -0.25) is 4.79 Å². The Morgan fingerprint density at radius 2 is 2.00 bits per heavy atom. The molecule has 1 fully saturated rings. The van der Waals surface area contributed by atoms with Crippen molar-refractivity contribution in [3.05, 3.63) is 30.3 Å². The molecule has 22 heavy (non-hydrogen) atoms. The second-order valence-corrected chi connectivity index (χ2v) is 5.51. The van der Waals surface area contributed by atoms with Gasteiger partial charge in [-0.2, -0.15) is 4.98 Å². The van der Waals surface area contributed by atoms with Crippen molar-refractivity contribution in [1.29, 1.82) is 0 Å². The number of hydrogen-bond donors (Lipinski definition) is 2. The third-order valence-corrected chi connectivity index (χ3v) is 3.80. The van der Waals surface area contributed by atoms with E-state index in [1.807, 2.05) is 30.3 Å². The number of nitrogens with zero attached hydrogens (tertiary/aromatic N) is 2. The van der Waals surface area contributed by atoms with Gasteiger partial charge in [0.1, 0.15) is 0 Å². The van der Waals surface area contributed by atoms with Crippen molar-refractivity contribution < 1.29 is 9.32 Å². The Morgan fingerprint density at radius 3 is 2.77 bits per heavy atom. The number of anilines is 1. The third kappa shape index (κ3) is 3.84. The minimum Gasteiger partial charge on any atom is -0.353 e. The summed E-state index contributed by atoms with van der Waals surface area (Å²) in [6.07, 6.45) is 5.04. The van der Waals surface area contributed by atoms with E-state index >= 15 is 0 Å². The van der Waals surface area contributed by atoms with Crippen LogP contribution in [0.5, 0.6) is 0 Å². The molecule has 1 aromatic heterocycles. The Labute approximate surface area is 129 Å². The van der Waals surface area contributed by atoms with Gasteiger partial charge in [0.05, 0.1) is 0 Å². The van der Waals surface area contributed by atoms with E-state index in [1.165, 1.54) is 12.8 Å². The summed E-state index contributed by atoms with van der Waals surface area (Å²) < 4.78 is 5.19. The molecular weight excluding hydrogens is 280 g/mol. The molecule has 2 aromatic rings. The van der Waals surface area contributed by atoms with Gasteiger partial charge in [0, 0.05) is 24.6 Å². The summed E-state index contributed by atoms with van der Waals surface area (Å²) in [5, 5.41) is 9.93. The summed E-state index contributed by atoms with van der Waals surface area (Å²) in [5.41, 5.74) is 0.877. The average Bonchev–Trinajstić information content (AvgIpc) is 3.20. The topological polar surface area (TPSA) is 80.1 Å². The first-order chi connectivity index (χ1) is 10.8. The highest BCUT2D eigenvalue weighted by atomic mass is 16.5. The Kier molecular flexibility index (Phi) is 4.68. The lowest BCUT2D eigenvalue weighted by Crippen LogP contribution is -2.33. The first kappa shape index (κ1) is 14.6. The van der Waals surface area contributed by atoms with Crippen LogP contribution in [-0.4, -0.2) is 28.6 Å². The van der Waals surface area contributed by atoms with E-state index in [0.29, 0.717) is 30.8 Å². The van der Waals surface area contributed by atoms with Crippen LogP contribution in [0.15, 0.2) is 34.9 Å². The van der Waals surface area contributed by atoms with Crippen LogP contribution in [0.3, 0.4) is 0 Å². The smallest absolute Gasteiger partial charge is 0.263 e. The lowest BCUT2D eigenvalue weighted by atomic mass is 10.2. The molecule has 0 bridgehead atoms. The standard InChI is InChI=1S/C16H20N4O2/c21-14(18-13-8-4-5-9-13)10-11-17-16-19-15(22-20-16)12-6-2-1-3-7-12/h1-3,6-7,13H,4-5,8-11H2,(H,17,20)(H,18,21).